The molecule has 22 heteroatoms. The van der Waals surface area contributed by atoms with Crippen LogP contribution in [0.15, 0.2) is 24.4 Å². The summed E-state index contributed by atoms with van der Waals surface area (Å²) >= 11 is 0. The molecule has 0 radical (unpaired) electrons. The number of amides is 9. The van der Waals surface area contributed by atoms with Crippen LogP contribution in [-0.4, -0.2) is 214 Å². The summed E-state index contributed by atoms with van der Waals surface area (Å²) in [5, 5.41) is 17.9. The second-order valence-corrected chi connectivity index (χ2v) is 28.7. The monoisotopic (exact) mass is 1300 g/mol. The molecule has 0 aromatic carbocycles. The fourth-order valence-electron chi connectivity index (χ4n) is 12.0. The Bertz CT molecular complexity index is 2580. The predicted octanol–water partition coefficient (Wildman–Crippen LogP) is 6.95. The summed E-state index contributed by atoms with van der Waals surface area (Å²) in [5.41, 5.74) is -0.340. The van der Waals surface area contributed by atoms with Crippen molar-refractivity contribution in [1.82, 2.24) is 44.9 Å². The van der Waals surface area contributed by atoms with Crippen LogP contribution in [0.5, 0.6) is 0 Å². The average Bonchev–Trinajstić information content (AvgIpc) is 0.824. The Labute approximate surface area is 552 Å². The molecule has 0 aromatic heterocycles. The van der Waals surface area contributed by atoms with Crippen LogP contribution in [0.2, 0.25) is 0 Å². The summed E-state index contributed by atoms with van der Waals surface area (Å²) in [6, 6.07) is -8.66. The average molecular weight is 1300 g/mol. The first-order valence-electron chi connectivity index (χ1n) is 33.5. The highest BCUT2D eigenvalue weighted by molar-refractivity contribution is 6.02. The molecule has 3 N–H and O–H groups in total. The summed E-state index contributed by atoms with van der Waals surface area (Å²) in [6.45, 7) is 34.5. The van der Waals surface area contributed by atoms with Crippen LogP contribution in [0.25, 0.3) is 0 Å². The van der Waals surface area contributed by atoms with Crippen molar-refractivity contribution in [3.05, 3.63) is 24.4 Å². The second-order valence-electron chi connectivity index (χ2n) is 28.7. The molecule has 0 aliphatic carbocycles. The van der Waals surface area contributed by atoms with E-state index in [1.54, 1.807) is 55.4 Å². The van der Waals surface area contributed by atoms with Crippen LogP contribution in [-0.2, 0) is 57.5 Å². The Morgan fingerprint density at radius 2 is 0.978 bits per heavy atom. The highest BCUT2D eigenvalue weighted by atomic mass is 16.3. The van der Waals surface area contributed by atoms with Crippen LogP contribution in [0.4, 0.5) is 0 Å². The number of ketones is 3. The van der Waals surface area contributed by atoms with Gasteiger partial charge in [-0.3, -0.25) is 57.5 Å². The summed E-state index contributed by atoms with van der Waals surface area (Å²) in [7, 11) is 9.99. The Morgan fingerprint density at radius 1 is 0.543 bits per heavy atom. The molecule has 0 unspecified atom stereocenters. The first-order chi connectivity index (χ1) is 42.5. The number of Topliss-reactive ketones (excluding diaryl/α,β-unsaturated/α-hetero) is 3. The van der Waals surface area contributed by atoms with Crippen LogP contribution in [0, 0.1) is 59.2 Å². The molecule has 12 atom stereocenters. The molecule has 1 aliphatic rings. The van der Waals surface area contributed by atoms with Gasteiger partial charge in [0.25, 0.3) is 5.91 Å². The van der Waals surface area contributed by atoms with Gasteiger partial charge in [0.2, 0.25) is 47.3 Å². The molecule has 524 valence electrons. The van der Waals surface area contributed by atoms with E-state index in [0.29, 0.717) is 19.4 Å². The van der Waals surface area contributed by atoms with E-state index in [2.05, 4.69) is 17.2 Å². The molecule has 1 heterocycles. The largest absolute Gasteiger partial charge is 0.390 e. The van der Waals surface area contributed by atoms with E-state index >= 15 is 19.2 Å². The highest BCUT2D eigenvalue weighted by Crippen LogP contribution is 2.29. The van der Waals surface area contributed by atoms with Gasteiger partial charge in [0, 0.05) is 99.8 Å². The minimum absolute atomic E-state index is 0.0336. The molecule has 22 nitrogen and oxygen atoms in total. The lowest BCUT2D eigenvalue weighted by Crippen LogP contribution is -2.63. The number of nitrogens with zero attached hydrogens (tertiary/aromatic N) is 7. The molecule has 0 spiro atoms. The molecular formula is C70H121N9O13. The highest BCUT2D eigenvalue weighted by Gasteiger charge is 2.46. The van der Waals surface area contributed by atoms with E-state index in [0.717, 1.165) is 9.80 Å². The number of rotatable bonds is 19. The van der Waals surface area contributed by atoms with E-state index < -0.39 is 137 Å². The maximum atomic E-state index is 15.3. The molecular weight excluding hydrogens is 1170 g/mol. The molecule has 1 rings (SSSR count). The standard InChI is InChI=1S/C70H121N9O13/c1-26-52-67(89)73(19)49(17)65(87)74(20)54(34-41(4)5)59(83)39-51(44(10)11)66(88)75(21)53(33-40(2)3)58(82)37-47(15)57(81)38-48(16)64(86)76(22)55(35-42(6)7)68(90)77(23)56(36-43(8)9)69(91)78(24)60(45(12)13)70(92)79(25)61(63(85)72-52)62(84)46(14)31-29-27-28-30-32-71-50(18)80/h27,29,40-48,51-56,60-62,84H,17,26,28,30-39H2,1-16,18-25H3,(H,71,80)(H,72,85)/b29-27+/t46-,47-,48+,51+,52+,53+,54+,55+,56+,60+,61+,62-/m1/s1. The Hall–Kier alpha value is -6.32. The summed E-state index contributed by atoms with van der Waals surface area (Å²) < 4.78 is 0. The van der Waals surface area contributed by atoms with Crippen molar-refractivity contribution < 1.29 is 62.6 Å². The lowest BCUT2D eigenvalue weighted by Gasteiger charge is -2.41. The van der Waals surface area contributed by atoms with Crippen molar-refractivity contribution in [2.75, 3.05) is 55.9 Å². The van der Waals surface area contributed by atoms with E-state index in [4.69, 9.17) is 0 Å². The minimum atomic E-state index is -1.68. The van der Waals surface area contributed by atoms with E-state index in [1.807, 2.05) is 67.5 Å². The first kappa shape index (κ1) is 83.7. The van der Waals surface area contributed by atoms with Gasteiger partial charge in [0.1, 0.15) is 41.7 Å². The number of likely N-dealkylation sites (N-methyl/N-ethyl adjacent to an activating group) is 7. The smallest absolute Gasteiger partial charge is 0.270 e. The predicted molar refractivity (Wildman–Crippen MR) is 359 cm³/mol. The zero-order valence-corrected chi connectivity index (χ0v) is 60.7. The molecule has 0 aromatic rings. The van der Waals surface area contributed by atoms with Crippen molar-refractivity contribution in [1.29, 1.82) is 0 Å². The van der Waals surface area contributed by atoms with Crippen molar-refractivity contribution in [2.45, 2.75) is 237 Å². The van der Waals surface area contributed by atoms with Gasteiger partial charge in [-0.1, -0.05) is 130 Å². The van der Waals surface area contributed by atoms with Gasteiger partial charge in [0.05, 0.1) is 18.2 Å². The van der Waals surface area contributed by atoms with Gasteiger partial charge >= 0.3 is 0 Å². The lowest BCUT2D eigenvalue weighted by molar-refractivity contribution is -0.157. The van der Waals surface area contributed by atoms with Crippen LogP contribution >= 0.6 is 0 Å². The zero-order valence-electron chi connectivity index (χ0n) is 60.7. The zero-order chi connectivity index (χ0) is 71.3. The maximum absolute atomic E-state index is 15.3. The number of hydrogen-bond acceptors (Lipinski definition) is 13. The molecule has 1 aliphatic heterocycles. The fourth-order valence-corrected chi connectivity index (χ4v) is 12.0. The lowest BCUT2D eigenvalue weighted by atomic mass is 9.84. The van der Waals surface area contributed by atoms with Crippen molar-refractivity contribution in [3.8, 4) is 0 Å². The van der Waals surface area contributed by atoms with Crippen LogP contribution in [0.1, 0.15) is 188 Å². The van der Waals surface area contributed by atoms with E-state index in [9.17, 15) is 43.5 Å². The van der Waals surface area contributed by atoms with Gasteiger partial charge in [-0.2, -0.15) is 0 Å². The number of carbonyl (C=O) groups is 12. The van der Waals surface area contributed by atoms with Crippen LogP contribution < -0.4 is 10.6 Å². The van der Waals surface area contributed by atoms with Gasteiger partial charge in [0.15, 0.2) is 11.6 Å². The fraction of sp³-hybridized carbons (Fsp3) is 0.771. The van der Waals surface area contributed by atoms with E-state index in [-0.39, 0.29) is 105 Å². The van der Waals surface area contributed by atoms with Crippen molar-refractivity contribution in [2.24, 2.45) is 59.2 Å². The molecule has 1 saturated heterocycles. The number of allylic oxidation sites excluding steroid dienone is 2. The van der Waals surface area contributed by atoms with Crippen molar-refractivity contribution >= 4 is 70.5 Å². The van der Waals surface area contributed by atoms with Gasteiger partial charge in [-0.05, 0) is 92.8 Å². The number of nitrogens with one attached hydrogen (secondary N) is 2. The summed E-state index contributed by atoms with van der Waals surface area (Å²) in [5.74, 6) is -11.7. The molecule has 1 fully saturated rings. The number of unbranched alkanes of at least 4 members (excludes halogenated alkanes) is 1. The number of carbonyl (C=O) groups excluding carboxylic acids is 12. The van der Waals surface area contributed by atoms with Gasteiger partial charge in [-0.15, -0.1) is 0 Å². The molecule has 9 amide bonds. The van der Waals surface area contributed by atoms with Crippen LogP contribution in [0.3, 0.4) is 0 Å². The van der Waals surface area contributed by atoms with E-state index in [1.165, 1.54) is 80.8 Å². The summed E-state index contributed by atoms with van der Waals surface area (Å²) in [6.07, 6.45) is 3.53. The number of aliphatic hydroxyl groups is 1. The Morgan fingerprint density at radius 3 is 1.45 bits per heavy atom. The normalized spacial score (nSPS) is 26.0. The first-order valence-corrected chi connectivity index (χ1v) is 33.5. The number of aliphatic hydroxyl groups excluding tert-OH is 1. The van der Waals surface area contributed by atoms with Crippen molar-refractivity contribution in [3.63, 3.8) is 0 Å². The molecule has 0 saturated carbocycles. The third kappa shape index (κ3) is 24.2. The molecule has 92 heavy (non-hydrogen) atoms. The Kier molecular flexibility index (Phi) is 35.3. The summed E-state index contributed by atoms with van der Waals surface area (Å²) in [4.78, 5) is 182. The quantitative estimate of drug-likeness (QED) is 0.0672. The molecule has 0 bridgehead atoms. The third-order valence-corrected chi connectivity index (χ3v) is 18.0. The SMILES string of the molecule is C=C1C(=O)N(C)[C@@H](CC(C)C)C(=O)C[C@@H](C(C)C)C(=O)N(C)[C@@H](CC(C)C)C(=O)C[C@@H](C)C(=O)C[C@H](C)C(=O)N(C)[C@@H](CC(C)C)C(=O)N(C)[C@@H](CC(C)C)C(=O)N(C)[C@@H](C(C)C)C(=O)N(C)[C@@H]([C@H](O)[C@H](C)C/C=C/CCCNC(C)=O)C(=O)N[C@@H](CC)C(=O)N1C. The Balaban J connectivity index is 4.39. The number of hydrogen-bond donors (Lipinski definition) is 3. The maximum Gasteiger partial charge on any atom is 0.270 e. The van der Waals surface area contributed by atoms with Gasteiger partial charge < -0.3 is 50.0 Å². The van der Waals surface area contributed by atoms with Gasteiger partial charge in [-0.25, -0.2) is 0 Å². The third-order valence-electron chi connectivity index (χ3n) is 18.0. The topological polar surface area (TPSA) is 272 Å². The second kappa shape index (κ2) is 38.8. The minimum Gasteiger partial charge on any atom is -0.390 e.